The number of carbonyl (C=O) groups excluding carboxylic acids is 1. The van der Waals surface area contributed by atoms with Crippen LogP contribution in [0.25, 0.3) is 0 Å². The summed E-state index contributed by atoms with van der Waals surface area (Å²) in [6.45, 7) is -0.217. The second kappa shape index (κ2) is 7.09. The quantitative estimate of drug-likeness (QED) is 0.884. The molecule has 126 valence electrons. The third kappa shape index (κ3) is 3.46. The number of aryl methyl sites for hydroxylation is 1. The van der Waals surface area contributed by atoms with Crippen LogP contribution in [0, 0.1) is 11.6 Å². The molecule has 0 spiro atoms. The minimum absolute atomic E-state index is 0.156. The zero-order chi connectivity index (χ0) is 17.1. The summed E-state index contributed by atoms with van der Waals surface area (Å²) in [5.41, 5.74) is 2.04. The van der Waals surface area contributed by atoms with E-state index in [1.54, 1.807) is 0 Å². The number of hydrogen-bond acceptors (Lipinski definition) is 2. The Morgan fingerprint density at radius 2 is 1.88 bits per heavy atom. The minimum atomic E-state index is -1.41. The Labute approximate surface area is 139 Å². The van der Waals surface area contributed by atoms with Gasteiger partial charge in [0.15, 0.2) is 0 Å². The van der Waals surface area contributed by atoms with Crippen LogP contribution in [0.1, 0.15) is 41.6 Å². The van der Waals surface area contributed by atoms with E-state index in [-0.39, 0.29) is 18.4 Å². The van der Waals surface area contributed by atoms with Gasteiger partial charge in [0, 0.05) is 13.0 Å². The van der Waals surface area contributed by atoms with Gasteiger partial charge in [0.2, 0.25) is 5.91 Å². The van der Waals surface area contributed by atoms with Crippen LogP contribution in [0.15, 0.2) is 42.5 Å². The highest BCUT2D eigenvalue weighted by Gasteiger charge is 2.25. The second-order valence-electron chi connectivity index (χ2n) is 6.09. The summed E-state index contributed by atoms with van der Waals surface area (Å²) in [4.78, 5) is 12.1. The molecule has 1 aliphatic rings. The van der Waals surface area contributed by atoms with Crippen LogP contribution in [0.5, 0.6) is 0 Å². The SMILES string of the molecule is O=C(CC1CCc2ccccc21)NCC(O)c1c(F)cccc1F. The molecule has 3 rings (SSSR count). The highest BCUT2D eigenvalue weighted by Crippen LogP contribution is 2.35. The molecule has 0 aliphatic heterocycles. The predicted molar refractivity (Wildman–Crippen MR) is 86.4 cm³/mol. The van der Waals surface area contributed by atoms with E-state index in [1.165, 1.54) is 17.2 Å². The molecule has 0 fully saturated rings. The van der Waals surface area contributed by atoms with Gasteiger partial charge in [-0.15, -0.1) is 0 Å². The first-order valence-corrected chi connectivity index (χ1v) is 8.02. The molecule has 5 heteroatoms. The monoisotopic (exact) mass is 331 g/mol. The van der Waals surface area contributed by atoms with Gasteiger partial charge in [-0.25, -0.2) is 8.78 Å². The summed E-state index contributed by atoms with van der Waals surface area (Å²) in [5.74, 6) is -1.71. The number of amides is 1. The van der Waals surface area contributed by atoms with Crippen LogP contribution in [-0.2, 0) is 11.2 Å². The van der Waals surface area contributed by atoms with Gasteiger partial charge in [0.1, 0.15) is 17.7 Å². The lowest BCUT2D eigenvalue weighted by molar-refractivity contribution is -0.122. The minimum Gasteiger partial charge on any atom is -0.386 e. The van der Waals surface area contributed by atoms with E-state index in [0.29, 0.717) is 6.42 Å². The molecule has 1 amide bonds. The lowest BCUT2D eigenvalue weighted by Crippen LogP contribution is -2.30. The molecule has 0 radical (unpaired) electrons. The smallest absolute Gasteiger partial charge is 0.220 e. The molecular formula is C19H19F2NO2. The molecule has 0 saturated carbocycles. The summed E-state index contributed by atoms with van der Waals surface area (Å²) in [6.07, 6.45) is 0.767. The van der Waals surface area contributed by atoms with Gasteiger partial charge in [-0.3, -0.25) is 4.79 Å². The van der Waals surface area contributed by atoms with Crippen molar-refractivity contribution in [2.45, 2.75) is 31.3 Å². The third-order valence-corrected chi connectivity index (χ3v) is 4.51. The number of halogens is 2. The summed E-state index contributed by atoms with van der Waals surface area (Å²) in [6, 6.07) is 11.4. The topological polar surface area (TPSA) is 49.3 Å². The lowest BCUT2D eigenvalue weighted by Gasteiger charge is -2.15. The van der Waals surface area contributed by atoms with E-state index >= 15 is 0 Å². The predicted octanol–water partition coefficient (Wildman–Crippen LogP) is 3.23. The molecule has 3 nitrogen and oxygen atoms in total. The van der Waals surface area contributed by atoms with Crippen LogP contribution >= 0.6 is 0 Å². The van der Waals surface area contributed by atoms with Crippen molar-refractivity contribution < 1.29 is 18.7 Å². The van der Waals surface area contributed by atoms with Crippen molar-refractivity contribution in [3.05, 3.63) is 70.8 Å². The van der Waals surface area contributed by atoms with E-state index in [0.717, 1.165) is 25.0 Å². The first-order valence-electron chi connectivity index (χ1n) is 8.02. The van der Waals surface area contributed by atoms with Gasteiger partial charge in [0.05, 0.1) is 5.56 Å². The first-order chi connectivity index (χ1) is 11.6. The van der Waals surface area contributed by atoms with E-state index in [2.05, 4.69) is 11.4 Å². The summed E-state index contributed by atoms with van der Waals surface area (Å²) < 4.78 is 27.2. The molecule has 24 heavy (non-hydrogen) atoms. The molecule has 0 aromatic heterocycles. The Kier molecular flexibility index (Phi) is 4.90. The van der Waals surface area contributed by atoms with Crippen molar-refractivity contribution in [3.8, 4) is 0 Å². The molecule has 0 saturated heterocycles. The fourth-order valence-corrected chi connectivity index (χ4v) is 3.29. The first kappa shape index (κ1) is 16.6. The van der Waals surface area contributed by atoms with Gasteiger partial charge in [-0.2, -0.15) is 0 Å². The zero-order valence-electron chi connectivity index (χ0n) is 13.1. The molecule has 0 heterocycles. The third-order valence-electron chi connectivity index (χ3n) is 4.51. The van der Waals surface area contributed by atoms with Gasteiger partial charge >= 0.3 is 0 Å². The van der Waals surface area contributed by atoms with Crippen LogP contribution < -0.4 is 5.32 Å². The molecule has 2 aromatic rings. The Bertz CT molecular complexity index is 728. The van der Waals surface area contributed by atoms with E-state index in [9.17, 15) is 18.7 Å². The maximum absolute atomic E-state index is 13.6. The van der Waals surface area contributed by atoms with Gasteiger partial charge < -0.3 is 10.4 Å². The number of hydrogen-bond donors (Lipinski definition) is 2. The average molecular weight is 331 g/mol. The summed E-state index contributed by atoms with van der Waals surface area (Å²) in [7, 11) is 0. The Balaban J connectivity index is 1.57. The van der Waals surface area contributed by atoms with Crippen LogP contribution in [0.3, 0.4) is 0 Å². The van der Waals surface area contributed by atoms with Crippen molar-refractivity contribution in [1.29, 1.82) is 0 Å². The average Bonchev–Trinajstić information content (AvgIpc) is 2.96. The highest BCUT2D eigenvalue weighted by molar-refractivity contribution is 5.77. The standard InChI is InChI=1S/C19H19F2NO2/c20-15-6-3-7-16(21)19(15)17(23)11-22-18(24)10-13-9-8-12-4-1-2-5-14(12)13/h1-7,13,17,23H,8-11H2,(H,22,24). The number of fused-ring (bicyclic) bond motifs is 1. The number of rotatable bonds is 5. The van der Waals surface area contributed by atoms with Gasteiger partial charge in [-0.05, 0) is 42.0 Å². The summed E-state index contributed by atoms with van der Waals surface area (Å²) in [5, 5.41) is 12.5. The van der Waals surface area contributed by atoms with E-state index in [4.69, 9.17) is 0 Å². The largest absolute Gasteiger partial charge is 0.386 e. The van der Waals surface area contributed by atoms with Crippen molar-refractivity contribution in [2.24, 2.45) is 0 Å². The Morgan fingerprint density at radius 1 is 1.17 bits per heavy atom. The van der Waals surface area contributed by atoms with Gasteiger partial charge in [0.25, 0.3) is 0 Å². The number of benzene rings is 2. The second-order valence-corrected chi connectivity index (χ2v) is 6.09. The molecule has 1 aliphatic carbocycles. The molecule has 2 unspecified atom stereocenters. The Hall–Kier alpha value is -2.27. The van der Waals surface area contributed by atoms with Crippen molar-refractivity contribution in [1.82, 2.24) is 5.32 Å². The maximum atomic E-state index is 13.6. The fraction of sp³-hybridized carbons (Fsp3) is 0.316. The molecule has 2 aromatic carbocycles. The van der Waals surface area contributed by atoms with Crippen LogP contribution in [0.2, 0.25) is 0 Å². The Morgan fingerprint density at radius 3 is 2.62 bits per heavy atom. The zero-order valence-corrected chi connectivity index (χ0v) is 13.1. The molecule has 0 bridgehead atoms. The summed E-state index contributed by atoms with van der Waals surface area (Å²) >= 11 is 0. The highest BCUT2D eigenvalue weighted by atomic mass is 19.1. The van der Waals surface area contributed by atoms with E-state index < -0.39 is 23.3 Å². The maximum Gasteiger partial charge on any atom is 0.220 e. The fourth-order valence-electron chi connectivity index (χ4n) is 3.29. The number of aliphatic hydroxyl groups is 1. The molecule has 2 atom stereocenters. The van der Waals surface area contributed by atoms with Crippen molar-refractivity contribution in [2.75, 3.05) is 6.54 Å². The van der Waals surface area contributed by atoms with Crippen molar-refractivity contribution >= 4 is 5.91 Å². The normalized spacial score (nSPS) is 17.4. The number of aliphatic hydroxyl groups excluding tert-OH is 1. The molecule has 2 N–H and O–H groups in total. The lowest BCUT2D eigenvalue weighted by atomic mass is 9.97. The van der Waals surface area contributed by atoms with Gasteiger partial charge in [-0.1, -0.05) is 30.3 Å². The number of carbonyl (C=O) groups is 1. The number of nitrogens with one attached hydrogen (secondary N) is 1. The van der Waals surface area contributed by atoms with Crippen molar-refractivity contribution in [3.63, 3.8) is 0 Å². The van der Waals surface area contributed by atoms with Crippen LogP contribution in [0.4, 0.5) is 8.78 Å². The molecular weight excluding hydrogens is 312 g/mol. The van der Waals surface area contributed by atoms with Crippen LogP contribution in [-0.4, -0.2) is 17.6 Å². The van der Waals surface area contributed by atoms with E-state index in [1.807, 2.05) is 18.2 Å².